The predicted octanol–water partition coefficient (Wildman–Crippen LogP) is 3.78. The number of benzene rings is 1. The predicted molar refractivity (Wildman–Crippen MR) is 77.2 cm³/mol. The van der Waals surface area contributed by atoms with Gasteiger partial charge in [-0.1, -0.05) is 41.6 Å². The average molecular weight is 279 g/mol. The molecule has 1 heterocycles. The number of rotatable bonds is 4. The Hall–Kier alpha value is -1.03. The molecule has 0 fully saturated rings. The Morgan fingerprint density at radius 1 is 1.28 bits per heavy atom. The minimum Gasteiger partial charge on any atom is -0.328 e. The summed E-state index contributed by atoms with van der Waals surface area (Å²) < 4.78 is 0. The van der Waals surface area contributed by atoms with E-state index < -0.39 is 0 Å². The number of hydrogen-bond acceptors (Lipinski definition) is 3. The lowest BCUT2D eigenvalue weighted by Crippen LogP contribution is -2.18. The fraction of sp³-hybridized carbons (Fsp3) is 0.214. The molecular weight excluding hydrogens is 264 g/mol. The highest BCUT2D eigenvalue weighted by Gasteiger charge is 2.06. The number of halogens is 1. The molecule has 1 aromatic heterocycles. The number of pyridine rings is 1. The lowest BCUT2D eigenvalue weighted by molar-refractivity contribution is 0.729. The highest BCUT2D eigenvalue weighted by atomic mass is 35.5. The van der Waals surface area contributed by atoms with Crippen LogP contribution in [0.1, 0.15) is 12.5 Å². The Labute approximate surface area is 117 Å². The van der Waals surface area contributed by atoms with Crippen LogP contribution in [-0.4, -0.2) is 11.0 Å². The molecule has 4 heteroatoms. The summed E-state index contributed by atoms with van der Waals surface area (Å²) in [4.78, 5) is 5.49. The van der Waals surface area contributed by atoms with Crippen molar-refractivity contribution in [2.75, 3.05) is 0 Å². The van der Waals surface area contributed by atoms with Gasteiger partial charge in [0, 0.05) is 17.1 Å². The molecule has 2 rings (SSSR count). The van der Waals surface area contributed by atoms with Gasteiger partial charge in [0.25, 0.3) is 0 Å². The third-order valence-electron chi connectivity index (χ3n) is 2.43. The number of hydrogen-bond donors (Lipinski definition) is 1. The summed E-state index contributed by atoms with van der Waals surface area (Å²) in [7, 11) is 0. The van der Waals surface area contributed by atoms with Gasteiger partial charge in [-0.05, 0) is 37.1 Å². The van der Waals surface area contributed by atoms with Gasteiger partial charge in [0.2, 0.25) is 0 Å². The molecule has 1 unspecified atom stereocenters. The van der Waals surface area contributed by atoms with Crippen LogP contribution in [0, 0.1) is 0 Å². The van der Waals surface area contributed by atoms with Crippen LogP contribution < -0.4 is 5.73 Å². The van der Waals surface area contributed by atoms with Crippen LogP contribution in [0.5, 0.6) is 0 Å². The number of aromatic nitrogens is 1. The van der Waals surface area contributed by atoms with Crippen molar-refractivity contribution >= 4 is 23.4 Å². The molecule has 0 saturated carbocycles. The van der Waals surface area contributed by atoms with Gasteiger partial charge in [0.15, 0.2) is 0 Å². The second-order valence-corrected chi connectivity index (χ2v) is 5.70. The molecule has 0 aliphatic heterocycles. The summed E-state index contributed by atoms with van der Waals surface area (Å²) in [6, 6.07) is 12.2. The zero-order valence-corrected chi connectivity index (χ0v) is 11.7. The third kappa shape index (κ3) is 3.73. The molecular formula is C14H15ClN2S. The Bertz CT molecular complexity index is 511. The van der Waals surface area contributed by atoms with Crippen molar-refractivity contribution in [3.8, 4) is 0 Å². The van der Waals surface area contributed by atoms with Crippen molar-refractivity contribution in [2.45, 2.75) is 29.3 Å². The van der Waals surface area contributed by atoms with E-state index in [9.17, 15) is 0 Å². The maximum atomic E-state index is 5.86. The zero-order valence-electron chi connectivity index (χ0n) is 10.1. The van der Waals surface area contributed by atoms with Gasteiger partial charge in [-0.2, -0.15) is 0 Å². The van der Waals surface area contributed by atoms with Gasteiger partial charge in [-0.15, -0.1) is 0 Å². The van der Waals surface area contributed by atoms with E-state index in [1.807, 2.05) is 31.2 Å². The molecule has 0 saturated heterocycles. The smallest absolute Gasteiger partial charge is 0.101 e. The largest absolute Gasteiger partial charge is 0.328 e. The van der Waals surface area contributed by atoms with E-state index in [0.717, 1.165) is 11.4 Å². The number of nitrogens with two attached hydrogens (primary N) is 1. The highest BCUT2D eigenvalue weighted by Crippen LogP contribution is 2.30. The van der Waals surface area contributed by atoms with Crippen molar-refractivity contribution in [3.63, 3.8) is 0 Å². The second-order valence-electron chi connectivity index (χ2n) is 4.21. The molecule has 0 bridgehead atoms. The van der Waals surface area contributed by atoms with Crippen LogP contribution in [0.15, 0.2) is 52.5 Å². The van der Waals surface area contributed by atoms with Crippen LogP contribution >= 0.6 is 23.4 Å². The van der Waals surface area contributed by atoms with Gasteiger partial charge in [0.05, 0.1) is 5.02 Å². The molecule has 2 N–H and O–H groups in total. The molecule has 1 aromatic carbocycles. The van der Waals surface area contributed by atoms with Gasteiger partial charge in [-0.3, -0.25) is 0 Å². The molecule has 0 aliphatic carbocycles. The topological polar surface area (TPSA) is 38.9 Å². The monoisotopic (exact) mass is 278 g/mol. The summed E-state index contributed by atoms with van der Waals surface area (Å²) in [6.45, 7) is 2.02. The van der Waals surface area contributed by atoms with Gasteiger partial charge >= 0.3 is 0 Å². The Balaban J connectivity index is 2.20. The molecule has 0 spiro atoms. The van der Waals surface area contributed by atoms with Crippen molar-refractivity contribution in [2.24, 2.45) is 5.73 Å². The molecule has 0 aliphatic rings. The maximum absolute atomic E-state index is 5.86. The quantitative estimate of drug-likeness (QED) is 0.925. The minimum absolute atomic E-state index is 0.157. The van der Waals surface area contributed by atoms with Crippen LogP contribution in [0.2, 0.25) is 5.02 Å². The molecule has 94 valence electrons. The van der Waals surface area contributed by atoms with Crippen molar-refractivity contribution in [1.82, 2.24) is 4.98 Å². The lowest BCUT2D eigenvalue weighted by Gasteiger charge is -2.10. The van der Waals surface area contributed by atoms with Crippen molar-refractivity contribution < 1.29 is 0 Å². The minimum atomic E-state index is 0.157. The van der Waals surface area contributed by atoms with Gasteiger partial charge < -0.3 is 5.73 Å². The second kappa shape index (κ2) is 6.23. The van der Waals surface area contributed by atoms with E-state index >= 15 is 0 Å². The normalized spacial score (nSPS) is 12.4. The van der Waals surface area contributed by atoms with Crippen LogP contribution in [-0.2, 0) is 6.42 Å². The Morgan fingerprint density at radius 3 is 2.72 bits per heavy atom. The first-order valence-electron chi connectivity index (χ1n) is 5.78. The van der Waals surface area contributed by atoms with Crippen LogP contribution in [0.25, 0.3) is 0 Å². The van der Waals surface area contributed by atoms with Gasteiger partial charge in [0.1, 0.15) is 5.03 Å². The standard InChI is InChI=1S/C14H15ClN2S/c1-10(16)8-11-4-2-3-5-13(11)18-14-7-6-12(15)9-17-14/h2-7,9-10H,8,16H2,1H3. The number of nitrogens with zero attached hydrogens (tertiary/aromatic N) is 1. The molecule has 1 atom stereocenters. The highest BCUT2D eigenvalue weighted by molar-refractivity contribution is 7.99. The molecule has 2 aromatic rings. The first kappa shape index (κ1) is 13.4. The van der Waals surface area contributed by atoms with Crippen molar-refractivity contribution in [3.05, 3.63) is 53.2 Å². The Kier molecular flexibility index (Phi) is 4.64. The fourth-order valence-electron chi connectivity index (χ4n) is 1.65. The molecule has 0 radical (unpaired) electrons. The summed E-state index contributed by atoms with van der Waals surface area (Å²) in [5.74, 6) is 0. The van der Waals surface area contributed by atoms with E-state index in [4.69, 9.17) is 17.3 Å². The lowest BCUT2D eigenvalue weighted by atomic mass is 10.1. The van der Waals surface area contributed by atoms with Crippen molar-refractivity contribution in [1.29, 1.82) is 0 Å². The third-order valence-corrected chi connectivity index (χ3v) is 3.72. The summed E-state index contributed by atoms with van der Waals surface area (Å²) in [5.41, 5.74) is 7.12. The Morgan fingerprint density at radius 2 is 2.06 bits per heavy atom. The van der Waals surface area contributed by atoms with Gasteiger partial charge in [-0.25, -0.2) is 4.98 Å². The van der Waals surface area contributed by atoms with E-state index in [1.165, 1.54) is 10.5 Å². The maximum Gasteiger partial charge on any atom is 0.101 e. The van der Waals surface area contributed by atoms with Crippen LogP contribution in [0.3, 0.4) is 0 Å². The summed E-state index contributed by atoms with van der Waals surface area (Å²) in [5, 5.41) is 1.60. The zero-order chi connectivity index (χ0) is 13.0. The summed E-state index contributed by atoms with van der Waals surface area (Å²) >= 11 is 7.47. The first-order valence-corrected chi connectivity index (χ1v) is 6.97. The first-order chi connectivity index (χ1) is 8.65. The van der Waals surface area contributed by atoms with E-state index in [-0.39, 0.29) is 6.04 Å². The fourth-order valence-corrected chi connectivity index (χ4v) is 2.66. The molecule has 18 heavy (non-hydrogen) atoms. The van der Waals surface area contributed by atoms with E-state index in [1.54, 1.807) is 18.0 Å². The SMILES string of the molecule is CC(N)Cc1ccccc1Sc1ccc(Cl)cn1. The average Bonchev–Trinajstić information content (AvgIpc) is 2.34. The van der Waals surface area contributed by atoms with Crippen LogP contribution in [0.4, 0.5) is 0 Å². The summed E-state index contributed by atoms with van der Waals surface area (Å²) in [6.07, 6.45) is 2.54. The van der Waals surface area contributed by atoms with E-state index in [2.05, 4.69) is 17.1 Å². The molecule has 2 nitrogen and oxygen atoms in total. The van der Waals surface area contributed by atoms with E-state index in [0.29, 0.717) is 5.02 Å². The molecule has 0 amide bonds.